The number of nitrogens with one attached hydrogen (secondary N) is 1. The van der Waals surface area contributed by atoms with Crippen LogP contribution in [0.2, 0.25) is 5.02 Å². The van der Waals surface area contributed by atoms with E-state index in [1.54, 1.807) is 0 Å². The lowest BCUT2D eigenvalue weighted by Gasteiger charge is -2.12. The third-order valence-corrected chi connectivity index (χ3v) is 5.42. The van der Waals surface area contributed by atoms with Crippen LogP contribution in [0.25, 0.3) is 16.9 Å². The van der Waals surface area contributed by atoms with Crippen molar-refractivity contribution in [3.63, 3.8) is 0 Å². The van der Waals surface area contributed by atoms with E-state index in [0.29, 0.717) is 24.3 Å². The quantitative estimate of drug-likeness (QED) is 0.419. The third kappa shape index (κ3) is 4.23. The summed E-state index contributed by atoms with van der Waals surface area (Å²) in [5, 5.41) is 7.16. The molecular weight excluding hydrogens is 444 g/mol. The van der Waals surface area contributed by atoms with Gasteiger partial charge in [-0.25, -0.2) is 4.68 Å². The SMILES string of the molecule is FC(F)(F)c1cccc(-n2nc(-c3ccc(Cl)c(C(F)(F)F)c3)c3c2NCCCC3)c1. The molecule has 0 bridgehead atoms. The normalized spacial score (nSPS) is 14.7. The predicted octanol–water partition coefficient (Wildman–Crippen LogP) is 6.98. The molecule has 164 valence electrons. The molecule has 2 aromatic carbocycles. The Morgan fingerprint density at radius 1 is 0.935 bits per heavy atom. The van der Waals surface area contributed by atoms with Gasteiger partial charge in [-0.1, -0.05) is 23.7 Å². The van der Waals surface area contributed by atoms with Crippen LogP contribution in [0.15, 0.2) is 42.5 Å². The first-order valence-electron chi connectivity index (χ1n) is 9.46. The lowest BCUT2D eigenvalue weighted by Crippen LogP contribution is -2.09. The van der Waals surface area contributed by atoms with Gasteiger partial charge in [0.05, 0.1) is 27.5 Å². The van der Waals surface area contributed by atoms with Gasteiger partial charge in [-0.05, 0) is 49.6 Å². The topological polar surface area (TPSA) is 29.9 Å². The number of rotatable bonds is 2. The molecule has 0 unspecified atom stereocenters. The largest absolute Gasteiger partial charge is 0.417 e. The van der Waals surface area contributed by atoms with Crippen LogP contribution in [0, 0.1) is 0 Å². The lowest BCUT2D eigenvalue weighted by atomic mass is 10.0. The number of hydrogen-bond acceptors (Lipinski definition) is 2. The zero-order valence-corrected chi connectivity index (χ0v) is 16.7. The fourth-order valence-electron chi connectivity index (χ4n) is 3.62. The molecule has 3 nitrogen and oxygen atoms in total. The van der Waals surface area contributed by atoms with E-state index < -0.39 is 28.5 Å². The van der Waals surface area contributed by atoms with Crippen LogP contribution >= 0.6 is 11.6 Å². The van der Waals surface area contributed by atoms with Crippen LogP contribution in [0.1, 0.15) is 29.5 Å². The van der Waals surface area contributed by atoms with E-state index in [4.69, 9.17) is 11.6 Å². The van der Waals surface area contributed by atoms with Gasteiger partial charge in [-0.2, -0.15) is 31.4 Å². The van der Waals surface area contributed by atoms with Gasteiger partial charge in [0, 0.05) is 17.7 Å². The molecule has 4 rings (SSSR count). The summed E-state index contributed by atoms with van der Waals surface area (Å²) in [6.45, 7) is 0.575. The Labute approximate surface area is 178 Å². The highest BCUT2D eigenvalue weighted by atomic mass is 35.5. The Morgan fingerprint density at radius 3 is 2.42 bits per heavy atom. The van der Waals surface area contributed by atoms with Gasteiger partial charge in [0.25, 0.3) is 0 Å². The van der Waals surface area contributed by atoms with Gasteiger partial charge < -0.3 is 5.32 Å². The molecule has 1 aliphatic heterocycles. The average Bonchev–Trinajstić information content (AvgIpc) is 2.88. The van der Waals surface area contributed by atoms with Gasteiger partial charge in [0.15, 0.2) is 0 Å². The summed E-state index contributed by atoms with van der Waals surface area (Å²) in [4.78, 5) is 0. The molecule has 1 aliphatic rings. The Morgan fingerprint density at radius 2 is 1.71 bits per heavy atom. The molecule has 0 saturated heterocycles. The highest BCUT2D eigenvalue weighted by molar-refractivity contribution is 6.31. The van der Waals surface area contributed by atoms with Crippen molar-refractivity contribution in [2.24, 2.45) is 0 Å². The summed E-state index contributed by atoms with van der Waals surface area (Å²) < 4.78 is 80.9. The maximum Gasteiger partial charge on any atom is 0.417 e. The molecule has 0 radical (unpaired) electrons. The summed E-state index contributed by atoms with van der Waals surface area (Å²) in [6, 6.07) is 8.17. The Hall–Kier alpha value is -2.68. The fourth-order valence-corrected chi connectivity index (χ4v) is 3.85. The number of aromatic nitrogens is 2. The molecule has 1 N–H and O–H groups in total. The summed E-state index contributed by atoms with van der Waals surface area (Å²) in [7, 11) is 0. The second-order valence-electron chi connectivity index (χ2n) is 7.21. The average molecular weight is 460 g/mol. The minimum absolute atomic E-state index is 0.164. The van der Waals surface area contributed by atoms with E-state index in [-0.39, 0.29) is 16.9 Å². The van der Waals surface area contributed by atoms with Crippen molar-refractivity contribution in [2.45, 2.75) is 31.6 Å². The monoisotopic (exact) mass is 459 g/mol. The minimum atomic E-state index is -4.65. The Kier molecular flexibility index (Phi) is 5.41. The Balaban J connectivity index is 1.90. The summed E-state index contributed by atoms with van der Waals surface area (Å²) in [5.41, 5.74) is -0.528. The van der Waals surface area contributed by atoms with Crippen LogP contribution in [-0.4, -0.2) is 16.3 Å². The molecule has 0 saturated carbocycles. The zero-order chi connectivity index (χ0) is 22.4. The van der Waals surface area contributed by atoms with Crippen molar-refractivity contribution in [1.29, 1.82) is 0 Å². The third-order valence-electron chi connectivity index (χ3n) is 5.09. The summed E-state index contributed by atoms with van der Waals surface area (Å²) >= 11 is 5.73. The van der Waals surface area contributed by atoms with Gasteiger partial charge in [-0.15, -0.1) is 0 Å². The highest BCUT2D eigenvalue weighted by Gasteiger charge is 2.34. The first-order valence-corrected chi connectivity index (χ1v) is 9.84. The fraction of sp³-hybridized carbons (Fsp3) is 0.286. The van der Waals surface area contributed by atoms with Crippen molar-refractivity contribution in [3.05, 3.63) is 64.2 Å². The van der Waals surface area contributed by atoms with Gasteiger partial charge in [0.1, 0.15) is 5.82 Å². The maximum absolute atomic E-state index is 13.3. The number of anilines is 1. The molecule has 0 amide bonds. The highest BCUT2D eigenvalue weighted by Crippen LogP contribution is 2.40. The zero-order valence-electron chi connectivity index (χ0n) is 15.9. The number of fused-ring (bicyclic) bond motifs is 1. The van der Waals surface area contributed by atoms with Crippen molar-refractivity contribution < 1.29 is 26.3 Å². The number of hydrogen-bond donors (Lipinski definition) is 1. The van der Waals surface area contributed by atoms with Crippen LogP contribution in [0.3, 0.4) is 0 Å². The molecule has 0 aliphatic carbocycles. The number of nitrogens with zero attached hydrogens (tertiary/aromatic N) is 2. The van der Waals surface area contributed by atoms with E-state index >= 15 is 0 Å². The standard InChI is InChI=1S/C21H16ClF6N3/c22-17-8-7-12(10-16(17)21(26,27)28)18-15-6-1-2-9-29-19(15)31(30-18)14-5-3-4-13(11-14)20(23,24)25/h3-5,7-8,10-11,29H,1-2,6,9H2. The van der Waals surface area contributed by atoms with Crippen LogP contribution in [0.5, 0.6) is 0 Å². The second-order valence-corrected chi connectivity index (χ2v) is 7.62. The van der Waals surface area contributed by atoms with Crippen LogP contribution in [-0.2, 0) is 18.8 Å². The van der Waals surface area contributed by atoms with Gasteiger partial charge in [-0.3, -0.25) is 0 Å². The van der Waals surface area contributed by atoms with Crippen molar-refractivity contribution in [2.75, 3.05) is 11.9 Å². The van der Waals surface area contributed by atoms with Crippen molar-refractivity contribution in [1.82, 2.24) is 9.78 Å². The van der Waals surface area contributed by atoms with Crippen molar-refractivity contribution in [3.8, 4) is 16.9 Å². The smallest absolute Gasteiger partial charge is 0.370 e. The van der Waals surface area contributed by atoms with Gasteiger partial charge in [0.2, 0.25) is 0 Å². The predicted molar refractivity (Wildman–Crippen MR) is 105 cm³/mol. The second kappa shape index (κ2) is 7.78. The van der Waals surface area contributed by atoms with E-state index in [2.05, 4.69) is 10.4 Å². The molecule has 1 aromatic heterocycles. The molecular formula is C21H16ClF6N3. The summed E-state index contributed by atoms with van der Waals surface area (Å²) in [6.07, 6.45) is -7.08. The van der Waals surface area contributed by atoms with E-state index in [1.165, 1.54) is 22.9 Å². The van der Waals surface area contributed by atoms with E-state index in [1.807, 2.05) is 0 Å². The molecule has 10 heteroatoms. The minimum Gasteiger partial charge on any atom is -0.370 e. The first-order chi connectivity index (χ1) is 14.6. The van der Waals surface area contributed by atoms with E-state index in [0.717, 1.165) is 37.1 Å². The van der Waals surface area contributed by atoms with E-state index in [9.17, 15) is 26.3 Å². The lowest BCUT2D eigenvalue weighted by molar-refractivity contribution is -0.138. The van der Waals surface area contributed by atoms with Gasteiger partial charge >= 0.3 is 12.4 Å². The summed E-state index contributed by atoms with van der Waals surface area (Å²) in [5.74, 6) is 0.482. The van der Waals surface area contributed by atoms with Crippen LogP contribution in [0.4, 0.5) is 32.2 Å². The molecule has 0 spiro atoms. The molecule has 0 fully saturated rings. The number of halogens is 7. The molecule has 31 heavy (non-hydrogen) atoms. The Bertz CT molecular complexity index is 1120. The van der Waals surface area contributed by atoms with Crippen molar-refractivity contribution >= 4 is 17.4 Å². The van der Waals surface area contributed by atoms with Crippen LogP contribution < -0.4 is 5.32 Å². The maximum atomic E-state index is 13.3. The molecule has 0 atom stereocenters. The number of benzene rings is 2. The molecule has 2 heterocycles. The molecule has 3 aromatic rings. The number of alkyl halides is 6. The first kappa shape index (κ1) is 21.5.